The van der Waals surface area contributed by atoms with Crippen molar-refractivity contribution in [1.82, 2.24) is 4.98 Å². The Morgan fingerprint density at radius 1 is 1.62 bits per heavy atom. The van der Waals surface area contributed by atoms with Crippen molar-refractivity contribution in [2.24, 2.45) is 5.73 Å². The van der Waals surface area contributed by atoms with Crippen LogP contribution in [-0.4, -0.2) is 18.7 Å². The highest BCUT2D eigenvalue weighted by Gasteiger charge is 2.11. The van der Waals surface area contributed by atoms with E-state index in [0.29, 0.717) is 22.3 Å². The van der Waals surface area contributed by atoms with Gasteiger partial charge in [-0.25, -0.2) is 4.98 Å². The van der Waals surface area contributed by atoms with Crippen LogP contribution in [0.4, 0.5) is 0 Å². The van der Waals surface area contributed by atoms with Crippen LogP contribution >= 0.6 is 23.2 Å². The monoisotopic (exact) mass is 220 g/mol. The molecule has 0 amide bonds. The van der Waals surface area contributed by atoms with E-state index in [2.05, 4.69) is 4.98 Å². The SMILES string of the molecule is COC[C@@H](N)c1cc(Cl)cnc1Cl. The fraction of sp³-hybridized carbons (Fsp3) is 0.375. The van der Waals surface area contributed by atoms with Gasteiger partial charge < -0.3 is 10.5 Å². The molecule has 1 atom stereocenters. The van der Waals surface area contributed by atoms with Gasteiger partial charge in [0.2, 0.25) is 0 Å². The second-order valence-corrected chi connectivity index (χ2v) is 3.39. The van der Waals surface area contributed by atoms with E-state index in [9.17, 15) is 0 Å². The minimum Gasteiger partial charge on any atom is -0.383 e. The van der Waals surface area contributed by atoms with Gasteiger partial charge in [0.15, 0.2) is 0 Å². The van der Waals surface area contributed by atoms with Crippen molar-refractivity contribution in [1.29, 1.82) is 0 Å². The lowest BCUT2D eigenvalue weighted by molar-refractivity contribution is 0.181. The molecule has 0 fully saturated rings. The third kappa shape index (κ3) is 2.81. The van der Waals surface area contributed by atoms with Crippen LogP contribution < -0.4 is 5.73 Å². The molecule has 0 aliphatic rings. The molecular weight excluding hydrogens is 211 g/mol. The maximum Gasteiger partial charge on any atom is 0.133 e. The van der Waals surface area contributed by atoms with Gasteiger partial charge in [0, 0.05) is 18.9 Å². The highest BCUT2D eigenvalue weighted by Crippen LogP contribution is 2.22. The number of pyridine rings is 1. The molecule has 1 heterocycles. The van der Waals surface area contributed by atoms with Crippen molar-refractivity contribution < 1.29 is 4.74 Å². The van der Waals surface area contributed by atoms with E-state index in [1.165, 1.54) is 6.20 Å². The Morgan fingerprint density at radius 3 is 2.92 bits per heavy atom. The Hall–Kier alpha value is -0.350. The number of halogens is 2. The van der Waals surface area contributed by atoms with Crippen LogP contribution in [0.3, 0.4) is 0 Å². The summed E-state index contributed by atoms with van der Waals surface area (Å²) in [5, 5.41) is 0.889. The van der Waals surface area contributed by atoms with Gasteiger partial charge in [-0.3, -0.25) is 0 Å². The Bertz CT molecular complexity index is 293. The first-order valence-electron chi connectivity index (χ1n) is 3.70. The largest absolute Gasteiger partial charge is 0.383 e. The molecule has 0 bridgehead atoms. The molecule has 1 aromatic heterocycles. The number of hydrogen-bond acceptors (Lipinski definition) is 3. The first-order chi connectivity index (χ1) is 6.15. The molecule has 3 nitrogen and oxygen atoms in total. The third-order valence-electron chi connectivity index (χ3n) is 1.58. The highest BCUT2D eigenvalue weighted by atomic mass is 35.5. The minimum absolute atomic E-state index is 0.288. The van der Waals surface area contributed by atoms with Crippen LogP contribution in [0.2, 0.25) is 10.2 Å². The van der Waals surface area contributed by atoms with Crippen LogP contribution in [0.1, 0.15) is 11.6 Å². The van der Waals surface area contributed by atoms with Crippen molar-refractivity contribution in [3.05, 3.63) is 28.0 Å². The summed E-state index contributed by atoms with van der Waals surface area (Å²) < 4.78 is 4.90. The van der Waals surface area contributed by atoms with Crippen molar-refractivity contribution in [3.63, 3.8) is 0 Å². The molecule has 0 aromatic carbocycles. The molecule has 1 aromatic rings. The van der Waals surface area contributed by atoms with Gasteiger partial charge in [0.05, 0.1) is 17.7 Å². The van der Waals surface area contributed by atoms with Gasteiger partial charge >= 0.3 is 0 Å². The summed E-state index contributed by atoms with van der Waals surface area (Å²) >= 11 is 11.6. The number of methoxy groups -OCH3 is 1. The fourth-order valence-corrected chi connectivity index (χ4v) is 1.38. The van der Waals surface area contributed by atoms with E-state index < -0.39 is 0 Å². The number of hydrogen-bond donors (Lipinski definition) is 1. The zero-order chi connectivity index (χ0) is 9.84. The smallest absolute Gasteiger partial charge is 0.133 e. The van der Waals surface area contributed by atoms with Gasteiger partial charge in [-0.2, -0.15) is 0 Å². The van der Waals surface area contributed by atoms with E-state index in [0.717, 1.165) is 0 Å². The number of aromatic nitrogens is 1. The molecule has 0 aliphatic heterocycles. The second-order valence-electron chi connectivity index (χ2n) is 2.60. The van der Waals surface area contributed by atoms with Crippen LogP contribution in [0, 0.1) is 0 Å². The van der Waals surface area contributed by atoms with Crippen LogP contribution in [0.15, 0.2) is 12.3 Å². The van der Waals surface area contributed by atoms with E-state index in [4.69, 9.17) is 33.7 Å². The van der Waals surface area contributed by atoms with E-state index >= 15 is 0 Å². The van der Waals surface area contributed by atoms with Crippen LogP contribution in [0.5, 0.6) is 0 Å². The Balaban J connectivity index is 2.91. The Kier molecular flexibility index (Phi) is 3.93. The molecule has 0 saturated carbocycles. The average molecular weight is 221 g/mol. The van der Waals surface area contributed by atoms with Crippen molar-refractivity contribution in [3.8, 4) is 0 Å². The predicted molar refractivity (Wildman–Crippen MR) is 53.1 cm³/mol. The zero-order valence-corrected chi connectivity index (χ0v) is 8.64. The quantitative estimate of drug-likeness (QED) is 0.794. The average Bonchev–Trinajstić information content (AvgIpc) is 2.09. The Labute approximate surface area is 86.8 Å². The summed E-state index contributed by atoms with van der Waals surface area (Å²) in [6, 6.07) is 1.41. The molecule has 1 rings (SSSR count). The molecule has 0 radical (unpaired) electrons. The molecular formula is C8H10Cl2N2O. The third-order valence-corrected chi connectivity index (χ3v) is 2.10. The van der Waals surface area contributed by atoms with E-state index in [-0.39, 0.29) is 6.04 Å². The summed E-state index contributed by atoms with van der Waals surface area (Å²) in [5.74, 6) is 0. The first-order valence-corrected chi connectivity index (χ1v) is 4.46. The van der Waals surface area contributed by atoms with Gasteiger partial charge in [0.1, 0.15) is 5.15 Å². The topological polar surface area (TPSA) is 48.1 Å². The fourth-order valence-electron chi connectivity index (χ4n) is 0.968. The number of rotatable bonds is 3. The lowest BCUT2D eigenvalue weighted by atomic mass is 10.1. The zero-order valence-electron chi connectivity index (χ0n) is 7.13. The summed E-state index contributed by atoms with van der Waals surface area (Å²) in [6.07, 6.45) is 1.48. The number of nitrogens with two attached hydrogens (primary N) is 1. The van der Waals surface area contributed by atoms with Gasteiger partial charge in [-0.1, -0.05) is 23.2 Å². The summed E-state index contributed by atoms with van der Waals surface area (Å²) in [7, 11) is 1.58. The maximum absolute atomic E-state index is 5.82. The van der Waals surface area contributed by atoms with Crippen molar-refractivity contribution in [2.45, 2.75) is 6.04 Å². The molecule has 0 spiro atoms. The van der Waals surface area contributed by atoms with E-state index in [1.54, 1.807) is 13.2 Å². The molecule has 0 unspecified atom stereocenters. The first kappa shape index (κ1) is 10.7. The van der Waals surface area contributed by atoms with Crippen molar-refractivity contribution >= 4 is 23.2 Å². The van der Waals surface area contributed by atoms with E-state index in [1.807, 2.05) is 0 Å². The number of ether oxygens (including phenoxy) is 1. The predicted octanol–water partition coefficient (Wildman–Crippen LogP) is 2.03. The van der Waals surface area contributed by atoms with Gasteiger partial charge in [-0.05, 0) is 6.07 Å². The lowest BCUT2D eigenvalue weighted by Gasteiger charge is -2.11. The molecule has 72 valence electrons. The van der Waals surface area contributed by atoms with Crippen LogP contribution in [-0.2, 0) is 4.74 Å². The summed E-state index contributed by atoms with van der Waals surface area (Å²) in [4.78, 5) is 3.88. The van der Waals surface area contributed by atoms with Crippen molar-refractivity contribution in [2.75, 3.05) is 13.7 Å². The van der Waals surface area contributed by atoms with Crippen LogP contribution in [0.25, 0.3) is 0 Å². The maximum atomic E-state index is 5.82. The second kappa shape index (κ2) is 4.77. The standard InChI is InChI=1S/C8H10Cl2N2O/c1-13-4-7(11)6-2-5(9)3-12-8(6)10/h2-3,7H,4,11H2,1H3/t7-/m1/s1. The normalized spacial score (nSPS) is 12.9. The molecule has 0 saturated heterocycles. The number of nitrogens with zero attached hydrogens (tertiary/aromatic N) is 1. The van der Waals surface area contributed by atoms with Gasteiger partial charge in [-0.15, -0.1) is 0 Å². The summed E-state index contributed by atoms with van der Waals surface area (Å²) in [6.45, 7) is 0.391. The lowest BCUT2D eigenvalue weighted by Crippen LogP contribution is -2.16. The molecule has 0 aliphatic carbocycles. The highest BCUT2D eigenvalue weighted by molar-refractivity contribution is 6.32. The molecule has 5 heteroatoms. The molecule has 13 heavy (non-hydrogen) atoms. The van der Waals surface area contributed by atoms with Gasteiger partial charge in [0.25, 0.3) is 0 Å². The summed E-state index contributed by atoms with van der Waals surface area (Å²) in [5.41, 5.74) is 6.47. The molecule has 2 N–H and O–H groups in total. The Morgan fingerprint density at radius 2 is 2.31 bits per heavy atom. The minimum atomic E-state index is -0.288.